The summed E-state index contributed by atoms with van der Waals surface area (Å²) in [6.07, 6.45) is 3.62. The highest BCUT2D eigenvalue weighted by molar-refractivity contribution is 7.89. The zero-order valence-electron chi connectivity index (χ0n) is 16.4. The van der Waals surface area contributed by atoms with E-state index in [2.05, 4.69) is 31.4 Å². The molecule has 3 N–H and O–H groups in total. The number of guanidine groups is 1. The maximum atomic E-state index is 12.1. The molecule has 0 aliphatic heterocycles. The Morgan fingerprint density at radius 3 is 2.64 bits per heavy atom. The van der Waals surface area contributed by atoms with Gasteiger partial charge in [0.15, 0.2) is 5.96 Å². The number of nitrogens with zero attached hydrogens (tertiary/aromatic N) is 2. The third-order valence-electron chi connectivity index (χ3n) is 4.00. The zero-order valence-corrected chi connectivity index (χ0v) is 17.2. The molecule has 1 aromatic carbocycles. The third kappa shape index (κ3) is 6.50. The van der Waals surface area contributed by atoms with Crippen molar-refractivity contribution in [3.05, 3.63) is 53.9 Å². The van der Waals surface area contributed by atoms with Gasteiger partial charge in [0.25, 0.3) is 0 Å². The van der Waals surface area contributed by atoms with Crippen molar-refractivity contribution in [3.63, 3.8) is 0 Å². The Hall–Kier alpha value is -2.65. The van der Waals surface area contributed by atoms with Crippen molar-refractivity contribution in [3.8, 4) is 5.75 Å². The van der Waals surface area contributed by atoms with Crippen LogP contribution in [0.15, 0.2) is 52.6 Å². The number of aromatic nitrogens is 1. The Morgan fingerprint density at radius 1 is 1.18 bits per heavy atom. The van der Waals surface area contributed by atoms with E-state index >= 15 is 0 Å². The first-order chi connectivity index (χ1) is 13.5. The summed E-state index contributed by atoms with van der Waals surface area (Å²) in [6, 6.07) is 9.17. The van der Waals surface area contributed by atoms with Gasteiger partial charge in [-0.3, -0.25) is 9.98 Å². The number of benzene rings is 1. The Kier molecular flexibility index (Phi) is 8.21. The lowest BCUT2D eigenvalue weighted by Crippen LogP contribution is -2.42. The molecule has 0 radical (unpaired) electrons. The standard InChI is InChI=1S/C19H27N5O3S/c1-15-6-7-18(27-3)16(13-15)8-10-22-19(20-2)23-11-12-24-28(25,26)17-5-4-9-21-14-17/h4-7,9,13-14,24H,8,10-12H2,1-3H3,(H2,20,22,23). The average Bonchev–Trinajstić information content (AvgIpc) is 2.70. The average molecular weight is 406 g/mol. The van der Waals surface area contributed by atoms with Gasteiger partial charge in [0.05, 0.1) is 7.11 Å². The van der Waals surface area contributed by atoms with Crippen molar-refractivity contribution in [2.45, 2.75) is 18.2 Å². The summed E-state index contributed by atoms with van der Waals surface area (Å²) >= 11 is 0. The van der Waals surface area contributed by atoms with E-state index in [1.54, 1.807) is 20.2 Å². The minimum Gasteiger partial charge on any atom is -0.496 e. The fourth-order valence-corrected chi connectivity index (χ4v) is 3.59. The van der Waals surface area contributed by atoms with Crippen LogP contribution in [0.5, 0.6) is 5.75 Å². The molecule has 0 aliphatic carbocycles. The van der Waals surface area contributed by atoms with Crippen LogP contribution in [0.4, 0.5) is 0 Å². The van der Waals surface area contributed by atoms with Crippen LogP contribution >= 0.6 is 0 Å². The highest BCUT2D eigenvalue weighted by atomic mass is 32.2. The van der Waals surface area contributed by atoms with Crippen LogP contribution in [-0.4, -0.2) is 53.2 Å². The summed E-state index contributed by atoms with van der Waals surface area (Å²) in [6.45, 7) is 3.33. The smallest absolute Gasteiger partial charge is 0.242 e. The monoisotopic (exact) mass is 405 g/mol. The summed E-state index contributed by atoms with van der Waals surface area (Å²) in [5.41, 5.74) is 2.30. The van der Waals surface area contributed by atoms with E-state index in [1.807, 2.05) is 19.1 Å². The van der Waals surface area contributed by atoms with E-state index in [9.17, 15) is 8.42 Å². The van der Waals surface area contributed by atoms with Gasteiger partial charge in [-0.15, -0.1) is 0 Å². The van der Waals surface area contributed by atoms with Crippen molar-refractivity contribution < 1.29 is 13.2 Å². The normalized spacial score (nSPS) is 11.9. The molecule has 0 fully saturated rings. The summed E-state index contributed by atoms with van der Waals surface area (Å²) < 4.78 is 32.2. The first-order valence-corrected chi connectivity index (χ1v) is 10.4. The second-order valence-electron chi connectivity index (χ2n) is 6.08. The number of hydrogen-bond donors (Lipinski definition) is 3. The Morgan fingerprint density at radius 2 is 1.96 bits per heavy atom. The molecular formula is C19H27N5O3S. The van der Waals surface area contributed by atoms with E-state index in [0.29, 0.717) is 19.0 Å². The number of aryl methyl sites for hydroxylation is 1. The van der Waals surface area contributed by atoms with Gasteiger partial charge in [-0.1, -0.05) is 17.7 Å². The van der Waals surface area contributed by atoms with Crippen molar-refractivity contribution in [2.75, 3.05) is 33.8 Å². The molecule has 0 saturated heterocycles. The van der Waals surface area contributed by atoms with Crippen LogP contribution in [0.25, 0.3) is 0 Å². The Bertz CT molecular complexity index is 886. The molecule has 0 bridgehead atoms. The van der Waals surface area contributed by atoms with Crippen molar-refractivity contribution in [1.29, 1.82) is 0 Å². The van der Waals surface area contributed by atoms with E-state index in [0.717, 1.165) is 17.7 Å². The first kappa shape index (κ1) is 21.6. The summed E-state index contributed by atoms with van der Waals surface area (Å²) in [5.74, 6) is 1.47. The Labute approximate surface area is 166 Å². The molecule has 2 aromatic rings. The van der Waals surface area contributed by atoms with Crippen molar-refractivity contribution >= 4 is 16.0 Å². The fraction of sp³-hybridized carbons (Fsp3) is 0.368. The van der Waals surface area contributed by atoms with Crippen LogP contribution in [0.2, 0.25) is 0 Å². The number of ether oxygens (including phenoxy) is 1. The molecule has 152 valence electrons. The lowest BCUT2D eigenvalue weighted by Gasteiger charge is -2.14. The Balaban J connectivity index is 1.76. The van der Waals surface area contributed by atoms with E-state index in [1.165, 1.54) is 24.0 Å². The first-order valence-electron chi connectivity index (χ1n) is 8.94. The molecule has 0 aliphatic rings. The van der Waals surface area contributed by atoms with Crippen LogP contribution in [-0.2, 0) is 16.4 Å². The molecule has 28 heavy (non-hydrogen) atoms. The minimum absolute atomic E-state index is 0.143. The molecule has 0 spiro atoms. The van der Waals surface area contributed by atoms with Crippen LogP contribution in [0.3, 0.4) is 0 Å². The molecule has 9 heteroatoms. The second kappa shape index (κ2) is 10.6. The third-order valence-corrected chi connectivity index (χ3v) is 5.45. The molecule has 1 heterocycles. The highest BCUT2D eigenvalue weighted by Crippen LogP contribution is 2.19. The lowest BCUT2D eigenvalue weighted by atomic mass is 10.1. The van der Waals surface area contributed by atoms with Gasteiger partial charge < -0.3 is 15.4 Å². The maximum absolute atomic E-state index is 12.1. The lowest BCUT2D eigenvalue weighted by molar-refractivity contribution is 0.409. The van der Waals surface area contributed by atoms with Crippen LogP contribution in [0.1, 0.15) is 11.1 Å². The van der Waals surface area contributed by atoms with Crippen LogP contribution in [0, 0.1) is 6.92 Å². The number of nitrogens with one attached hydrogen (secondary N) is 3. The summed E-state index contributed by atoms with van der Waals surface area (Å²) in [4.78, 5) is 8.11. The topological polar surface area (TPSA) is 105 Å². The van der Waals surface area contributed by atoms with Gasteiger partial charge in [-0.25, -0.2) is 13.1 Å². The number of hydrogen-bond acceptors (Lipinski definition) is 5. The molecule has 2 rings (SSSR count). The van der Waals surface area contributed by atoms with Gasteiger partial charge in [-0.05, 0) is 37.1 Å². The fourth-order valence-electron chi connectivity index (χ4n) is 2.59. The van der Waals surface area contributed by atoms with Gasteiger partial charge in [-0.2, -0.15) is 0 Å². The van der Waals surface area contributed by atoms with Gasteiger partial charge in [0, 0.05) is 39.1 Å². The SMILES string of the molecule is CN=C(NCCNS(=O)(=O)c1cccnc1)NCCc1cc(C)ccc1OC. The molecular weight excluding hydrogens is 378 g/mol. The number of sulfonamides is 1. The van der Waals surface area contributed by atoms with Gasteiger partial charge in [0.1, 0.15) is 10.6 Å². The van der Waals surface area contributed by atoms with Crippen molar-refractivity contribution in [1.82, 2.24) is 20.3 Å². The molecule has 1 aromatic heterocycles. The minimum atomic E-state index is -3.56. The van der Waals surface area contributed by atoms with Gasteiger partial charge in [0.2, 0.25) is 10.0 Å². The maximum Gasteiger partial charge on any atom is 0.242 e. The highest BCUT2D eigenvalue weighted by Gasteiger charge is 2.12. The number of aliphatic imine (C=N–C) groups is 1. The van der Waals surface area contributed by atoms with Crippen LogP contribution < -0.4 is 20.1 Å². The van der Waals surface area contributed by atoms with E-state index in [-0.39, 0.29) is 11.4 Å². The predicted molar refractivity (Wildman–Crippen MR) is 110 cm³/mol. The largest absolute Gasteiger partial charge is 0.496 e. The van der Waals surface area contributed by atoms with E-state index < -0.39 is 10.0 Å². The predicted octanol–water partition coefficient (Wildman–Crippen LogP) is 1.08. The summed E-state index contributed by atoms with van der Waals surface area (Å²) in [5, 5.41) is 6.30. The molecule has 0 saturated carbocycles. The second-order valence-corrected chi connectivity index (χ2v) is 7.84. The quantitative estimate of drug-likeness (QED) is 0.328. The molecule has 0 atom stereocenters. The molecule has 0 unspecified atom stereocenters. The van der Waals surface area contributed by atoms with Gasteiger partial charge >= 0.3 is 0 Å². The number of methoxy groups -OCH3 is 1. The zero-order chi connectivity index (χ0) is 20.4. The molecule has 8 nitrogen and oxygen atoms in total. The number of rotatable bonds is 9. The van der Waals surface area contributed by atoms with Crippen molar-refractivity contribution in [2.24, 2.45) is 4.99 Å². The molecule has 0 amide bonds. The van der Waals surface area contributed by atoms with E-state index in [4.69, 9.17) is 4.74 Å². The number of pyridine rings is 1. The summed E-state index contributed by atoms with van der Waals surface area (Å²) in [7, 11) is -0.226.